The summed E-state index contributed by atoms with van der Waals surface area (Å²) in [4.78, 5) is 23.4. The van der Waals surface area contributed by atoms with Crippen LogP contribution < -0.4 is 5.32 Å². The highest BCUT2D eigenvalue weighted by Crippen LogP contribution is 2.29. The molecule has 0 bridgehead atoms. The molecule has 0 unspecified atom stereocenters. The van der Waals surface area contributed by atoms with Gasteiger partial charge in [-0.15, -0.1) is 11.8 Å². The Kier molecular flexibility index (Phi) is 5.21. The molecule has 0 saturated heterocycles. The van der Waals surface area contributed by atoms with Crippen LogP contribution in [0.25, 0.3) is 0 Å². The van der Waals surface area contributed by atoms with E-state index in [0.717, 1.165) is 4.90 Å². The van der Waals surface area contributed by atoms with Crippen molar-refractivity contribution in [3.8, 4) is 0 Å². The lowest BCUT2D eigenvalue weighted by atomic mass is 10.2. The minimum atomic E-state index is -0.507. The van der Waals surface area contributed by atoms with Gasteiger partial charge >= 0.3 is 0 Å². The van der Waals surface area contributed by atoms with Crippen molar-refractivity contribution in [2.75, 3.05) is 0 Å². The summed E-state index contributed by atoms with van der Waals surface area (Å²) >= 11 is 1.49. The maximum absolute atomic E-state index is 12.3. The quantitative estimate of drug-likeness (QED) is 0.499. The molecule has 1 aromatic heterocycles. The van der Waals surface area contributed by atoms with Crippen LogP contribution in [0.3, 0.4) is 0 Å². The lowest BCUT2D eigenvalue weighted by Gasteiger charge is -2.11. The fourth-order valence-corrected chi connectivity index (χ4v) is 2.77. The first-order valence-corrected chi connectivity index (χ1v) is 7.61. The Balaban J connectivity index is 2.22. The van der Waals surface area contributed by atoms with E-state index in [2.05, 4.69) is 5.32 Å². The van der Waals surface area contributed by atoms with Crippen molar-refractivity contribution in [3.05, 3.63) is 58.0 Å². The third-order valence-electron chi connectivity index (χ3n) is 2.78. The smallest absolute Gasteiger partial charge is 0.270 e. The van der Waals surface area contributed by atoms with E-state index in [1.165, 1.54) is 30.2 Å². The molecular formula is C15H16N2O4S. The van der Waals surface area contributed by atoms with E-state index in [1.807, 2.05) is 13.8 Å². The van der Waals surface area contributed by atoms with Crippen LogP contribution in [0.4, 0.5) is 5.69 Å². The first kappa shape index (κ1) is 16.1. The van der Waals surface area contributed by atoms with Crippen LogP contribution in [0.5, 0.6) is 0 Å². The third kappa shape index (κ3) is 4.11. The van der Waals surface area contributed by atoms with E-state index in [1.54, 1.807) is 18.2 Å². The van der Waals surface area contributed by atoms with Crippen LogP contribution >= 0.6 is 11.8 Å². The molecule has 22 heavy (non-hydrogen) atoms. The Labute approximate surface area is 132 Å². The molecular weight excluding hydrogens is 304 g/mol. The number of amides is 1. The number of hydrogen-bond donors (Lipinski definition) is 1. The van der Waals surface area contributed by atoms with E-state index in [9.17, 15) is 14.9 Å². The number of non-ortho nitro benzene ring substituents is 1. The zero-order valence-corrected chi connectivity index (χ0v) is 13.1. The number of nitro benzene ring substituents is 1. The van der Waals surface area contributed by atoms with Crippen molar-refractivity contribution in [2.45, 2.75) is 30.5 Å². The molecule has 2 rings (SSSR count). The van der Waals surface area contributed by atoms with E-state index in [0.29, 0.717) is 11.3 Å². The van der Waals surface area contributed by atoms with Gasteiger partial charge in [-0.25, -0.2) is 0 Å². The lowest BCUT2D eigenvalue weighted by Crippen LogP contribution is -2.23. The Bertz CT molecular complexity index is 668. The number of hydrogen-bond acceptors (Lipinski definition) is 5. The molecule has 2 aromatic rings. The molecule has 1 aromatic carbocycles. The van der Waals surface area contributed by atoms with Gasteiger partial charge in [-0.05, 0) is 18.2 Å². The highest BCUT2D eigenvalue weighted by atomic mass is 32.2. The van der Waals surface area contributed by atoms with Gasteiger partial charge in [-0.2, -0.15) is 0 Å². The van der Waals surface area contributed by atoms with Gasteiger partial charge < -0.3 is 9.73 Å². The summed E-state index contributed by atoms with van der Waals surface area (Å²) in [6.07, 6.45) is 1.52. The van der Waals surface area contributed by atoms with Gasteiger partial charge in [0, 0.05) is 22.3 Å². The zero-order valence-electron chi connectivity index (χ0n) is 12.2. The molecule has 116 valence electrons. The molecule has 7 heteroatoms. The molecule has 0 aliphatic rings. The summed E-state index contributed by atoms with van der Waals surface area (Å²) in [7, 11) is 0. The molecule has 1 N–H and O–H groups in total. The number of furan rings is 1. The minimum absolute atomic E-state index is 0.101. The van der Waals surface area contributed by atoms with Crippen molar-refractivity contribution in [1.29, 1.82) is 0 Å². The SMILES string of the molecule is CC(C)Sc1ccc([N+](=O)[O-])cc1C(=O)NCc1ccco1. The molecule has 0 fully saturated rings. The maximum atomic E-state index is 12.3. The lowest BCUT2D eigenvalue weighted by molar-refractivity contribution is -0.384. The Hall–Kier alpha value is -2.28. The fraction of sp³-hybridized carbons (Fsp3) is 0.267. The number of thioether (sulfide) groups is 1. The highest BCUT2D eigenvalue weighted by molar-refractivity contribution is 8.00. The number of carbonyl (C=O) groups excluding carboxylic acids is 1. The van der Waals surface area contributed by atoms with E-state index >= 15 is 0 Å². The standard InChI is InChI=1S/C15H16N2O4S/c1-10(2)22-14-6-5-11(17(19)20)8-13(14)15(18)16-9-12-4-3-7-21-12/h3-8,10H,9H2,1-2H3,(H,16,18). The molecule has 1 heterocycles. The predicted octanol–water partition coefficient (Wildman–Crippen LogP) is 3.62. The average Bonchev–Trinajstić information content (AvgIpc) is 2.97. The van der Waals surface area contributed by atoms with E-state index in [-0.39, 0.29) is 23.4 Å². The number of nitrogens with one attached hydrogen (secondary N) is 1. The van der Waals surface area contributed by atoms with Gasteiger partial charge in [0.2, 0.25) is 0 Å². The van der Waals surface area contributed by atoms with Crippen LogP contribution in [0.2, 0.25) is 0 Å². The fourth-order valence-electron chi connectivity index (χ4n) is 1.84. The van der Waals surface area contributed by atoms with Crippen molar-refractivity contribution >= 4 is 23.4 Å². The Morgan fingerprint density at radius 3 is 2.77 bits per heavy atom. The topological polar surface area (TPSA) is 85.4 Å². The third-order valence-corrected chi connectivity index (χ3v) is 3.87. The summed E-state index contributed by atoms with van der Waals surface area (Å²) < 4.78 is 5.15. The van der Waals surface area contributed by atoms with Crippen molar-refractivity contribution in [2.24, 2.45) is 0 Å². The summed E-state index contributed by atoms with van der Waals surface area (Å²) in [6.45, 7) is 4.23. The summed E-state index contributed by atoms with van der Waals surface area (Å²) in [6, 6.07) is 7.81. The van der Waals surface area contributed by atoms with Crippen LogP contribution in [0.1, 0.15) is 30.0 Å². The summed E-state index contributed by atoms with van der Waals surface area (Å²) in [5, 5.41) is 13.9. The maximum Gasteiger partial charge on any atom is 0.270 e. The first-order chi connectivity index (χ1) is 10.5. The minimum Gasteiger partial charge on any atom is -0.467 e. The van der Waals surface area contributed by atoms with Crippen molar-refractivity contribution < 1.29 is 14.1 Å². The highest BCUT2D eigenvalue weighted by Gasteiger charge is 2.18. The molecule has 0 spiro atoms. The second-order valence-electron chi connectivity index (χ2n) is 4.87. The van der Waals surface area contributed by atoms with Gasteiger partial charge in [-0.3, -0.25) is 14.9 Å². The average molecular weight is 320 g/mol. The van der Waals surface area contributed by atoms with Crippen molar-refractivity contribution in [1.82, 2.24) is 5.32 Å². The number of carbonyl (C=O) groups is 1. The molecule has 0 radical (unpaired) electrons. The van der Waals surface area contributed by atoms with Crippen LogP contribution in [0.15, 0.2) is 45.9 Å². The van der Waals surface area contributed by atoms with Gasteiger partial charge in [-0.1, -0.05) is 13.8 Å². The van der Waals surface area contributed by atoms with Gasteiger partial charge in [0.15, 0.2) is 0 Å². The molecule has 0 atom stereocenters. The number of nitrogens with zero attached hydrogens (tertiary/aromatic N) is 1. The van der Waals surface area contributed by atoms with Crippen LogP contribution in [0, 0.1) is 10.1 Å². The summed E-state index contributed by atoms with van der Waals surface area (Å²) in [5.41, 5.74) is 0.204. The number of rotatable bonds is 6. The predicted molar refractivity (Wildman–Crippen MR) is 84.0 cm³/mol. The van der Waals surface area contributed by atoms with Crippen molar-refractivity contribution in [3.63, 3.8) is 0 Å². The normalized spacial score (nSPS) is 10.7. The van der Waals surface area contributed by atoms with E-state index < -0.39 is 4.92 Å². The largest absolute Gasteiger partial charge is 0.467 e. The van der Waals surface area contributed by atoms with E-state index in [4.69, 9.17) is 4.42 Å². The number of benzene rings is 1. The number of nitro groups is 1. The summed E-state index contributed by atoms with van der Waals surface area (Å²) in [5.74, 6) is 0.264. The monoisotopic (exact) mass is 320 g/mol. The molecule has 0 aliphatic carbocycles. The van der Waals surface area contributed by atoms with Crippen LogP contribution in [-0.4, -0.2) is 16.1 Å². The first-order valence-electron chi connectivity index (χ1n) is 6.73. The molecule has 6 nitrogen and oxygen atoms in total. The molecule has 0 saturated carbocycles. The van der Waals surface area contributed by atoms with Gasteiger partial charge in [0.25, 0.3) is 11.6 Å². The molecule has 1 amide bonds. The van der Waals surface area contributed by atoms with Crippen LogP contribution in [-0.2, 0) is 6.54 Å². The van der Waals surface area contributed by atoms with Gasteiger partial charge in [0.1, 0.15) is 5.76 Å². The Morgan fingerprint density at radius 2 is 2.18 bits per heavy atom. The Morgan fingerprint density at radius 1 is 1.41 bits per heavy atom. The second-order valence-corrected chi connectivity index (χ2v) is 6.48. The second kappa shape index (κ2) is 7.13. The molecule has 0 aliphatic heterocycles. The van der Waals surface area contributed by atoms with Gasteiger partial charge in [0.05, 0.1) is 23.3 Å². The zero-order chi connectivity index (χ0) is 16.1.